The van der Waals surface area contributed by atoms with E-state index in [1.807, 2.05) is 0 Å². The quantitative estimate of drug-likeness (QED) is 0.688. The predicted octanol–water partition coefficient (Wildman–Crippen LogP) is 1.83. The molecule has 2 bridgehead atoms. The molecule has 2 aliphatic rings. The highest BCUT2D eigenvalue weighted by Crippen LogP contribution is 2.33. The van der Waals surface area contributed by atoms with Crippen LogP contribution in [0.4, 0.5) is 4.79 Å². The van der Waals surface area contributed by atoms with Crippen molar-refractivity contribution in [1.29, 1.82) is 0 Å². The van der Waals surface area contributed by atoms with Crippen LogP contribution in [0, 0.1) is 11.8 Å². The van der Waals surface area contributed by atoms with Crippen molar-refractivity contribution in [2.24, 2.45) is 11.8 Å². The van der Waals surface area contributed by atoms with E-state index in [-0.39, 0.29) is 17.9 Å². The summed E-state index contributed by atoms with van der Waals surface area (Å²) in [6.07, 6.45) is 3.59. The van der Waals surface area contributed by atoms with Gasteiger partial charge in [-0.3, -0.25) is 4.79 Å². The molecule has 2 rings (SSSR count). The number of ether oxygens (including phenoxy) is 1. The molecule has 1 heterocycles. The van der Waals surface area contributed by atoms with Crippen LogP contribution in [0.5, 0.6) is 0 Å². The topological polar surface area (TPSA) is 46.6 Å². The van der Waals surface area contributed by atoms with Crippen molar-refractivity contribution >= 4 is 11.9 Å². The number of piperidine rings is 1. The third-order valence-corrected chi connectivity index (χ3v) is 3.53. The molecule has 0 spiro atoms. The van der Waals surface area contributed by atoms with Gasteiger partial charge in [-0.15, -0.1) is 0 Å². The van der Waals surface area contributed by atoms with E-state index in [1.165, 1.54) is 0 Å². The summed E-state index contributed by atoms with van der Waals surface area (Å²) in [5.74, 6) is 0.521. The summed E-state index contributed by atoms with van der Waals surface area (Å²) < 4.78 is 5.16. The van der Waals surface area contributed by atoms with Crippen LogP contribution >= 0.6 is 0 Å². The number of hydrogen-bond donors (Lipinski definition) is 0. The van der Waals surface area contributed by atoms with E-state index in [1.54, 1.807) is 4.90 Å². The first-order valence-corrected chi connectivity index (χ1v) is 6.17. The molecular weight excluding hydrogens is 206 g/mol. The van der Waals surface area contributed by atoms with Crippen molar-refractivity contribution in [3.8, 4) is 0 Å². The summed E-state index contributed by atoms with van der Waals surface area (Å²) in [5.41, 5.74) is 0. The maximum atomic E-state index is 11.7. The largest absolute Gasteiger partial charge is 0.449 e. The van der Waals surface area contributed by atoms with Gasteiger partial charge in [0, 0.05) is 24.9 Å². The average Bonchev–Trinajstić information content (AvgIpc) is 2.53. The lowest BCUT2D eigenvalue weighted by atomic mass is 9.97. The SMILES string of the molecule is CCCCOC(=O)N1CC2CCC(C1)C2=O. The first kappa shape index (κ1) is 11.4. The molecule has 2 atom stereocenters. The number of amides is 1. The Labute approximate surface area is 95.9 Å². The van der Waals surface area contributed by atoms with Gasteiger partial charge in [-0.25, -0.2) is 4.79 Å². The first-order chi connectivity index (χ1) is 7.72. The van der Waals surface area contributed by atoms with E-state index < -0.39 is 0 Å². The smallest absolute Gasteiger partial charge is 0.409 e. The van der Waals surface area contributed by atoms with Gasteiger partial charge in [0.15, 0.2) is 0 Å². The van der Waals surface area contributed by atoms with Crippen LogP contribution in [0.3, 0.4) is 0 Å². The Balaban J connectivity index is 1.83. The van der Waals surface area contributed by atoms with Gasteiger partial charge in [0.2, 0.25) is 0 Å². The normalized spacial score (nSPS) is 28.3. The van der Waals surface area contributed by atoms with Gasteiger partial charge in [-0.2, -0.15) is 0 Å². The van der Waals surface area contributed by atoms with E-state index in [0.717, 1.165) is 25.7 Å². The van der Waals surface area contributed by atoms with Crippen molar-refractivity contribution in [3.63, 3.8) is 0 Å². The number of ketones is 1. The van der Waals surface area contributed by atoms with Crippen molar-refractivity contribution < 1.29 is 14.3 Å². The summed E-state index contributed by atoms with van der Waals surface area (Å²) in [5, 5.41) is 0. The summed E-state index contributed by atoms with van der Waals surface area (Å²) >= 11 is 0. The second kappa shape index (κ2) is 4.85. The molecule has 16 heavy (non-hydrogen) atoms. The Morgan fingerprint density at radius 1 is 1.38 bits per heavy atom. The monoisotopic (exact) mass is 225 g/mol. The molecule has 4 heteroatoms. The fourth-order valence-electron chi connectivity index (χ4n) is 2.53. The average molecular weight is 225 g/mol. The zero-order valence-corrected chi connectivity index (χ0v) is 9.78. The number of nitrogens with zero attached hydrogens (tertiary/aromatic N) is 1. The number of carbonyl (C=O) groups is 2. The number of fused-ring (bicyclic) bond motifs is 2. The van der Waals surface area contributed by atoms with Crippen LogP contribution < -0.4 is 0 Å². The van der Waals surface area contributed by atoms with Crippen molar-refractivity contribution in [2.45, 2.75) is 32.6 Å². The lowest BCUT2D eigenvalue weighted by molar-refractivity contribution is -0.127. The molecule has 0 aromatic heterocycles. The highest BCUT2D eigenvalue weighted by Gasteiger charge is 2.42. The minimum Gasteiger partial charge on any atom is -0.449 e. The number of unbranched alkanes of at least 4 members (excludes halogenated alkanes) is 1. The summed E-state index contributed by atoms with van der Waals surface area (Å²) in [6, 6.07) is 0. The van der Waals surface area contributed by atoms with E-state index in [0.29, 0.717) is 25.5 Å². The Kier molecular flexibility index (Phi) is 3.46. The van der Waals surface area contributed by atoms with Crippen molar-refractivity contribution in [2.75, 3.05) is 19.7 Å². The molecule has 1 amide bonds. The zero-order chi connectivity index (χ0) is 11.5. The molecular formula is C12H19NO3. The summed E-state index contributed by atoms with van der Waals surface area (Å²) in [4.78, 5) is 25.0. The van der Waals surface area contributed by atoms with Gasteiger partial charge >= 0.3 is 6.09 Å². The number of Topliss-reactive ketones (excluding diaryl/α,β-unsaturated/α-hetero) is 1. The second-order valence-electron chi connectivity index (χ2n) is 4.75. The second-order valence-corrected chi connectivity index (χ2v) is 4.75. The van der Waals surface area contributed by atoms with Gasteiger partial charge in [0.25, 0.3) is 0 Å². The highest BCUT2D eigenvalue weighted by molar-refractivity contribution is 5.88. The zero-order valence-electron chi connectivity index (χ0n) is 9.78. The lowest BCUT2D eigenvalue weighted by Crippen LogP contribution is -2.45. The van der Waals surface area contributed by atoms with Crippen LogP contribution in [0.2, 0.25) is 0 Å². The molecule has 0 aromatic rings. The Morgan fingerprint density at radius 2 is 2.00 bits per heavy atom. The van der Waals surface area contributed by atoms with Crippen molar-refractivity contribution in [3.05, 3.63) is 0 Å². The predicted molar refractivity (Wildman–Crippen MR) is 59.1 cm³/mol. The summed E-state index contributed by atoms with van der Waals surface area (Å²) in [6.45, 7) is 3.70. The molecule has 2 fully saturated rings. The molecule has 1 aliphatic heterocycles. The maximum Gasteiger partial charge on any atom is 0.409 e. The molecule has 0 N–H and O–H groups in total. The van der Waals surface area contributed by atoms with Crippen LogP contribution in [0.1, 0.15) is 32.6 Å². The third-order valence-electron chi connectivity index (χ3n) is 3.53. The maximum absolute atomic E-state index is 11.7. The van der Waals surface area contributed by atoms with Gasteiger partial charge in [0.05, 0.1) is 6.61 Å². The van der Waals surface area contributed by atoms with Crippen LogP contribution in [0.15, 0.2) is 0 Å². The number of likely N-dealkylation sites (tertiary alicyclic amines) is 1. The molecule has 0 radical (unpaired) electrons. The van der Waals surface area contributed by atoms with Gasteiger partial charge in [-0.1, -0.05) is 13.3 Å². The Morgan fingerprint density at radius 3 is 2.56 bits per heavy atom. The van der Waals surface area contributed by atoms with E-state index in [4.69, 9.17) is 4.74 Å². The Bertz CT molecular complexity index is 274. The minimum absolute atomic E-state index is 0.0810. The van der Waals surface area contributed by atoms with Gasteiger partial charge in [0.1, 0.15) is 5.78 Å². The third kappa shape index (κ3) is 2.20. The molecule has 90 valence electrons. The van der Waals surface area contributed by atoms with Gasteiger partial charge < -0.3 is 9.64 Å². The molecule has 0 aromatic carbocycles. The van der Waals surface area contributed by atoms with Crippen LogP contribution in [0.25, 0.3) is 0 Å². The number of hydrogen-bond acceptors (Lipinski definition) is 3. The summed E-state index contributed by atoms with van der Waals surface area (Å²) in [7, 11) is 0. The van der Waals surface area contributed by atoms with Crippen LogP contribution in [-0.4, -0.2) is 36.5 Å². The number of carbonyl (C=O) groups excluding carboxylic acids is 2. The minimum atomic E-state index is -0.238. The fourth-order valence-corrected chi connectivity index (χ4v) is 2.53. The highest BCUT2D eigenvalue weighted by atomic mass is 16.6. The van der Waals surface area contributed by atoms with E-state index >= 15 is 0 Å². The first-order valence-electron chi connectivity index (χ1n) is 6.17. The molecule has 1 aliphatic carbocycles. The molecule has 2 unspecified atom stereocenters. The van der Waals surface area contributed by atoms with E-state index in [2.05, 4.69) is 6.92 Å². The Hall–Kier alpha value is -1.06. The number of rotatable bonds is 3. The fraction of sp³-hybridized carbons (Fsp3) is 0.833. The standard InChI is InChI=1S/C12H19NO3/c1-2-3-6-16-12(15)13-7-9-4-5-10(8-13)11(9)14/h9-10H,2-8H2,1H3. The van der Waals surface area contributed by atoms with Crippen molar-refractivity contribution in [1.82, 2.24) is 4.90 Å². The molecule has 4 nitrogen and oxygen atoms in total. The van der Waals surface area contributed by atoms with E-state index in [9.17, 15) is 9.59 Å². The van der Waals surface area contributed by atoms with Gasteiger partial charge in [-0.05, 0) is 19.3 Å². The molecule has 1 saturated carbocycles. The lowest BCUT2D eigenvalue weighted by Gasteiger charge is -2.30. The molecule has 1 saturated heterocycles. The van der Waals surface area contributed by atoms with Crippen LogP contribution in [-0.2, 0) is 9.53 Å².